The summed E-state index contributed by atoms with van der Waals surface area (Å²) in [6.07, 6.45) is 2.73. The normalized spacial score (nSPS) is 24.7. The van der Waals surface area contributed by atoms with Crippen LogP contribution in [-0.2, 0) is 22.4 Å². The molecular weight excluding hydrogens is 195 g/mol. The van der Waals surface area contributed by atoms with Gasteiger partial charge in [-0.05, 0) is 36.1 Å². The van der Waals surface area contributed by atoms with Crippen LogP contribution in [0.25, 0.3) is 0 Å². The van der Waals surface area contributed by atoms with Crippen molar-refractivity contribution in [2.24, 2.45) is 0 Å². The summed E-state index contributed by atoms with van der Waals surface area (Å²) in [5, 5.41) is 0. The highest BCUT2D eigenvalue weighted by molar-refractivity contribution is 5.64. The van der Waals surface area contributed by atoms with Gasteiger partial charge < -0.3 is 9.53 Å². The molecule has 0 fully saturated rings. The van der Waals surface area contributed by atoms with Gasteiger partial charge in [-0.15, -0.1) is 0 Å². The van der Waals surface area contributed by atoms with E-state index in [1.807, 2.05) is 0 Å². The quantitative estimate of drug-likeness (QED) is 0.694. The van der Waals surface area contributed by atoms with Gasteiger partial charge in [0.25, 0.3) is 0 Å². The third-order valence-electron chi connectivity index (χ3n) is 3.10. The second-order valence-corrected chi connectivity index (χ2v) is 3.98. The number of aryl methyl sites for hydroxylation is 1. The number of ether oxygens (including phenoxy) is 1. The fraction of sp³-hybridized carbons (Fsp3) is 0.417. The highest BCUT2D eigenvalue weighted by Gasteiger charge is 2.34. The van der Waals surface area contributed by atoms with Crippen molar-refractivity contribution in [1.82, 2.24) is 0 Å². The Morgan fingerprint density at radius 3 is 2.93 bits per heavy atom. The highest BCUT2D eigenvalue weighted by atomic mass is 19.1. The molecule has 0 aliphatic heterocycles. The van der Waals surface area contributed by atoms with Crippen LogP contribution >= 0.6 is 0 Å². The summed E-state index contributed by atoms with van der Waals surface area (Å²) in [5.41, 5.74) is 1.30. The van der Waals surface area contributed by atoms with Crippen LogP contribution in [0.1, 0.15) is 17.5 Å². The van der Waals surface area contributed by atoms with E-state index < -0.39 is 5.60 Å². The van der Waals surface area contributed by atoms with Gasteiger partial charge >= 0.3 is 0 Å². The Morgan fingerprint density at radius 1 is 1.47 bits per heavy atom. The van der Waals surface area contributed by atoms with Gasteiger partial charge in [-0.25, -0.2) is 4.39 Å². The molecule has 15 heavy (non-hydrogen) atoms. The lowest BCUT2D eigenvalue weighted by Crippen LogP contribution is -2.39. The summed E-state index contributed by atoms with van der Waals surface area (Å²) >= 11 is 0. The molecule has 0 bridgehead atoms. The molecule has 0 saturated carbocycles. The number of halogens is 1. The van der Waals surface area contributed by atoms with Crippen molar-refractivity contribution in [3.63, 3.8) is 0 Å². The lowest BCUT2D eigenvalue weighted by atomic mass is 9.81. The molecule has 1 aliphatic carbocycles. The topological polar surface area (TPSA) is 26.3 Å². The fourth-order valence-electron chi connectivity index (χ4n) is 2.08. The Labute approximate surface area is 88.1 Å². The summed E-state index contributed by atoms with van der Waals surface area (Å²) in [4.78, 5) is 11.0. The molecular formula is C12H13FO2. The van der Waals surface area contributed by atoms with E-state index in [-0.39, 0.29) is 5.82 Å². The number of hydrogen-bond donors (Lipinski definition) is 0. The molecule has 1 atom stereocenters. The molecule has 0 N–H and O–H groups in total. The van der Waals surface area contributed by atoms with Gasteiger partial charge in [0.1, 0.15) is 11.4 Å². The standard InChI is InChI=1S/C12H13FO2/c1-15-12(8-14)5-4-9-6-11(13)3-2-10(9)7-12/h2-3,6,8H,4-5,7H2,1H3. The van der Waals surface area contributed by atoms with Crippen molar-refractivity contribution in [3.8, 4) is 0 Å². The minimum absolute atomic E-state index is 0.218. The molecule has 0 aromatic heterocycles. The van der Waals surface area contributed by atoms with Crippen LogP contribution in [0.4, 0.5) is 4.39 Å². The van der Waals surface area contributed by atoms with E-state index in [1.165, 1.54) is 6.07 Å². The molecule has 1 unspecified atom stereocenters. The zero-order chi connectivity index (χ0) is 10.9. The van der Waals surface area contributed by atoms with Crippen molar-refractivity contribution in [1.29, 1.82) is 0 Å². The fourth-order valence-corrected chi connectivity index (χ4v) is 2.08. The van der Waals surface area contributed by atoms with Gasteiger partial charge in [0.05, 0.1) is 0 Å². The summed E-state index contributed by atoms with van der Waals surface area (Å²) < 4.78 is 18.2. The van der Waals surface area contributed by atoms with E-state index in [9.17, 15) is 9.18 Å². The van der Waals surface area contributed by atoms with Crippen LogP contribution in [0.2, 0.25) is 0 Å². The van der Waals surface area contributed by atoms with E-state index in [2.05, 4.69) is 0 Å². The van der Waals surface area contributed by atoms with Gasteiger partial charge in [0.15, 0.2) is 6.29 Å². The van der Waals surface area contributed by atoms with Crippen LogP contribution < -0.4 is 0 Å². The Hall–Kier alpha value is -1.22. The Bertz CT molecular complexity index is 389. The summed E-state index contributed by atoms with van der Waals surface area (Å²) in [6, 6.07) is 4.70. The van der Waals surface area contributed by atoms with Crippen LogP contribution in [0.5, 0.6) is 0 Å². The van der Waals surface area contributed by atoms with Gasteiger partial charge in [0, 0.05) is 13.5 Å². The number of fused-ring (bicyclic) bond motifs is 1. The predicted molar refractivity (Wildman–Crippen MR) is 54.2 cm³/mol. The number of carbonyl (C=O) groups excluding carboxylic acids is 1. The van der Waals surface area contributed by atoms with Gasteiger partial charge in [-0.2, -0.15) is 0 Å². The lowest BCUT2D eigenvalue weighted by molar-refractivity contribution is -0.128. The van der Waals surface area contributed by atoms with Gasteiger partial charge in [0.2, 0.25) is 0 Å². The average molecular weight is 208 g/mol. The van der Waals surface area contributed by atoms with Crippen molar-refractivity contribution < 1.29 is 13.9 Å². The first kappa shape index (κ1) is 10.3. The monoisotopic (exact) mass is 208 g/mol. The second-order valence-electron chi connectivity index (χ2n) is 3.98. The predicted octanol–water partition coefficient (Wildman–Crippen LogP) is 1.90. The van der Waals surface area contributed by atoms with E-state index in [0.29, 0.717) is 19.3 Å². The lowest BCUT2D eigenvalue weighted by Gasteiger charge is -2.32. The van der Waals surface area contributed by atoms with Gasteiger partial charge in [-0.1, -0.05) is 6.07 Å². The number of hydrogen-bond acceptors (Lipinski definition) is 2. The van der Waals surface area contributed by atoms with Crippen molar-refractivity contribution in [2.45, 2.75) is 24.9 Å². The zero-order valence-corrected chi connectivity index (χ0v) is 8.63. The van der Waals surface area contributed by atoms with Crippen molar-refractivity contribution in [2.75, 3.05) is 7.11 Å². The molecule has 1 aliphatic rings. The molecule has 0 saturated heterocycles. The third-order valence-corrected chi connectivity index (χ3v) is 3.10. The minimum atomic E-state index is -0.704. The molecule has 2 rings (SSSR count). The van der Waals surface area contributed by atoms with E-state index >= 15 is 0 Å². The van der Waals surface area contributed by atoms with E-state index in [0.717, 1.165) is 17.4 Å². The van der Waals surface area contributed by atoms with Crippen LogP contribution in [0.15, 0.2) is 18.2 Å². The number of rotatable bonds is 2. The molecule has 80 valence electrons. The average Bonchev–Trinajstić information content (AvgIpc) is 2.28. The molecule has 0 amide bonds. The molecule has 0 radical (unpaired) electrons. The number of aldehydes is 1. The second kappa shape index (κ2) is 3.74. The Morgan fingerprint density at radius 2 is 2.27 bits per heavy atom. The Balaban J connectivity index is 2.34. The van der Waals surface area contributed by atoms with Crippen LogP contribution in [0, 0.1) is 5.82 Å². The zero-order valence-electron chi connectivity index (χ0n) is 8.63. The SMILES string of the molecule is COC1(C=O)CCc2cc(F)ccc2C1. The van der Waals surface area contributed by atoms with Gasteiger partial charge in [-0.3, -0.25) is 0 Å². The van der Waals surface area contributed by atoms with Crippen molar-refractivity contribution >= 4 is 6.29 Å². The van der Waals surface area contributed by atoms with Crippen LogP contribution in [0.3, 0.4) is 0 Å². The molecule has 3 heteroatoms. The summed E-state index contributed by atoms with van der Waals surface area (Å²) in [7, 11) is 1.54. The highest BCUT2D eigenvalue weighted by Crippen LogP contribution is 2.30. The largest absolute Gasteiger partial charge is 0.370 e. The summed E-state index contributed by atoms with van der Waals surface area (Å²) in [6.45, 7) is 0. The smallest absolute Gasteiger partial charge is 0.152 e. The first-order valence-corrected chi connectivity index (χ1v) is 4.98. The van der Waals surface area contributed by atoms with E-state index in [1.54, 1.807) is 19.2 Å². The molecule has 0 spiro atoms. The number of methoxy groups -OCH3 is 1. The number of carbonyl (C=O) groups is 1. The van der Waals surface area contributed by atoms with Crippen molar-refractivity contribution in [3.05, 3.63) is 35.1 Å². The molecule has 1 aromatic carbocycles. The first-order chi connectivity index (χ1) is 7.19. The maximum atomic E-state index is 13.0. The number of benzene rings is 1. The maximum Gasteiger partial charge on any atom is 0.152 e. The Kier molecular flexibility index (Phi) is 2.57. The maximum absolute atomic E-state index is 13.0. The molecule has 1 aromatic rings. The summed E-state index contributed by atoms with van der Waals surface area (Å²) in [5.74, 6) is -0.218. The first-order valence-electron chi connectivity index (χ1n) is 4.98. The molecule has 2 nitrogen and oxygen atoms in total. The molecule has 0 heterocycles. The minimum Gasteiger partial charge on any atom is -0.370 e. The third kappa shape index (κ3) is 1.79. The van der Waals surface area contributed by atoms with E-state index in [4.69, 9.17) is 4.74 Å². The van der Waals surface area contributed by atoms with Crippen LogP contribution in [-0.4, -0.2) is 19.0 Å².